The molecule has 3 nitrogen and oxygen atoms in total. The van der Waals surface area contributed by atoms with Crippen molar-refractivity contribution in [3.05, 3.63) is 0 Å². The number of hydrogen-bond donors (Lipinski definition) is 1. The highest BCUT2D eigenvalue weighted by atomic mass is 35.5. The third-order valence-corrected chi connectivity index (χ3v) is 6.74. The number of rotatable bonds is 1. The predicted octanol–water partition coefficient (Wildman–Crippen LogP) is 1.61. The Morgan fingerprint density at radius 3 is 2.78 bits per heavy atom. The van der Waals surface area contributed by atoms with Crippen molar-refractivity contribution >= 4 is 41.8 Å². The van der Waals surface area contributed by atoms with E-state index in [2.05, 4.69) is 10.2 Å². The summed E-state index contributed by atoms with van der Waals surface area (Å²) < 4.78 is 0. The first-order valence-electron chi connectivity index (χ1n) is 6.58. The maximum absolute atomic E-state index is 12.6. The first kappa shape index (κ1) is 14.8. The third kappa shape index (κ3) is 2.94. The second-order valence-electron chi connectivity index (χ2n) is 5.06. The van der Waals surface area contributed by atoms with Crippen LogP contribution in [0.1, 0.15) is 19.3 Å². The van der Waals surface area contributed by atoms with Crippen LogP contribution in [-0.4, -0.2) is 58.5 Å². The van der Waals surface area contributed by atoms with E-state index in [1.54, 1.807) is 0 Å². The summed E-state index contributed by atoms with van der Waals surface area (Å²) in [4.78, 5) is 14.9. The fourth-order valence-electron chi connectivity index (χ4n) is 3.14. The SMILES string of the molecule is Cl.O=C(C1CSCCS1)N1C2CCNCC1CC2. The van der Waals surface area contributed by atoms with Gasteiger partial charge in [0.2, 0.25) is 5.91 Å². The molecular weight excluding hydrogens is 288 g/mol. The highest BCUT2D eigenvalue weighted by Crippen LogP contribution is 2.32. The van der Waals surface area contributed by atoms with Crippen molar-refractivity contribution in [1.29, 1.82) is 0 Å². The molecule has 0 saturated carbocycles. The lowest BCUT2D eigenvalue weighted by Gasteiger charge is -2.32. The summed E-state index contributed by atoms with van der Waals surface area (Å²) in [6, 6.07) is 0.998. The van der Waals surface area contributed by atoms with Gasteiger partial charge in [0, 0.05) is 35.9 Å². The quantitative estimate of drug-likeness (QED) is 0.798. The molecule has 3 unspecified atom stereocenters. The standard InChI is InChI=1S/C12H20N2OS2.ClH/c15-12(11-8-16-5-6-17-11)14-9-1-2-10(14)7-13-4-3-9;/h9-11,13H,1-8H2;1H. The monoisotopic (exact) mass is 308 g/mol. The van der Waals surface area contributed by atoms with Gasteiger partial charge in [0.1, 0.15) is 0 Å². The van der Waals surface area contributed by atoms with E-state index in [9.17, 15) is 4.79 Å². The Bertz CT molecular complexity index is 286. The molecule has 0 spiro atoms. The van der Waals surface area contributed by atoms with Crippen LogP contribution < -0.4 is 5.32 Å². The molecule has 104 valence electrons. The van der Waals surface area contributed by atoms with Gasteiger partial charge in [-0.25, -0.2) is 0 Å². The van der Waals surface area contributed by atoms with Crippen LogP contribution in [0, 0.1) is 0 Å². The van der Waals surface area contributed by atoms with Crippen LogP contribution >= 0.6 is 35.9 Å². The van der Waals surface area contributed by atoms with Gasteiger partial charge in [0.25, 0.3) is 0 Å². The van der Waals surface area contributed by atoms with Gasteiger partial charge in [-0.1, -0.05) is 0 Å². The maximum Gasteiger partial charge on any atom is 0.237 e. The predicted molar refractivity (Wildman–Crippen MR) is 82.0 cm³/mol. The molecular formula is C12H21ClN2OS2. The molecule has 1 amide bonds. The van der Waals surface area contributed by atoms with E-state index in [0.29, 0.717) is 18.0 Å². The van der Waals surface area contributed by atoms with E-state index in [-0.39, 0.29) is 17.7 Å². The Hall–Kier alpha value is 0.420. The summed E-state index contributed by atoms with van der Waals surface area (Å²) in [5.41, 5.74) is 0. The van der Waals surface area contributed by atoms with Crippen LogP contribution in [0.2, 0.25) is 0 Å². The first-order valence-corrected chi connectivity index (χ1v) is 8.79. The van der Waals surface area contributed by atoms with E-state index >= 15 is 0 Å². The molecule has 0 aliphatic carbocycles. The summed E-state index contributed by atoms with van der Waals surface area (Å²) >= 11 is 3.81. The number of nitrogens with zero attached hydrogens (tertiary/aromatic N) is 1. The highest BCUT2D eigenvalue weighted by Gasteiger charge is 2.40. The molecule has 0 aromatic rings. The molecule has 2 bridgehead atoms. The average Bonchev–Trinajstić information content (AvgIpc) is 2.63. The Kier molecular flexibility index (Phi) is 5.54. The van der Waals surface area contributed by atoms with Crippen molar-refractivity contribution in [3.8, 4) is 0 Å². The van der Waals surface area contributed by atoms with Crippen LogP contribution in [0.15, 0.2) is 0 Å². The second-order valence-corrected chi connectivity index (χ2v) is 7.52. The number of thioether (sulfide) groups is 2. The molecule has 0 aromatic heterocycles. The Labute approximate surface area is 124 Å². The maximum atomic E-state index is 12.6. The minimum atomic E-state index is 0. The fraction of sp³-hybridized carbons (Fsp3) is 0.917. The van der Waals surface area contributed by atoms with Crippen molar-refractivity contribution < 1.29 is 4.79 Å². The Morgan fingerprint density at radius 1 is 1.17 bits per heavy atom. The summed E-state index contributed by atoms with van der Waals surface area (Å²) in [6.07, 6.45) is 3.57. The van der Waals surface area contributed by atoms with Gasteiger partial charge in [-0.15, -0.1) is 24.2 Å². The molecule has 3 aliphatic rings. The van der Waals surface area contributed by atoms with E-state index in [1.807, 2.05) is 23.5 Å². The highest BCUT2D eigenvalue weighted by molar-refractivity contribution is 8.07. The van der Waals surface area contributed by atoms with E-state index in [1.165, 1.54) is 18.6 Å². The van der Waals surface area contributed by atoms with Gasteiger partial charge in [-0.05, 0) is 25.8 Å². The lowest BCUT2D eigenvalue weighted by molar-refractivity contribution is -0.132. The zero-order chi connectivity index (χ0) is 11.7. The number of carbonyl (C=O) groups is 1. The zero-order valence-electron chi connectivity index (χ0n) is 10.5. The molecule has 0 radical (unpaired) electrons. The molecule has 18 heavy (non-hydrogen) atoms. The largest absolute Gasteiger partial charge is 0.334 e. The van der Waals surface area contributed by atoms with Gasteiger partial charge in [0.05, 0.1) is 5.25 Å². The van der Waals surface area contributed by atoms with Crippen molar-refractivity contribution in [2.75, 3.05) is 30.3 Å². The average molecular weight is 309 g/mol. The summed E-state index contributed by atoms with van der Waals surface area (Å²) in [5, 5.41) is 3.69. The number of carbonyl (C=O) groups excluding carboxylic acids is 1. The van der Waals surface area contributed by atoms with Crippen molar-refractivity contribution in [2.45, 2.75) is 36.6 Å². The van der Waals surface area contributed by atoms with Crippen LogP contribution in [0.25, 0.3) is 0 Å². The molecule has 6 heteroatoms. The number of nitrogens with one attached hydrogen (secondary N) is 1. The van der Waals surface area contributed by atoms with Crippen molar-refractivity contribution in [1.82, 2.24) is 10.2 Å². The zero-order valence-corrected chi connectivity index (χ0v) is 12.9. The van der Waals surface area contributed by atoms with Gasteiger partial charge in [-0.2, -0.15) is 11.8 Å². The lowest BCUT2D eigenvalue weighted by Crippen LogP contribution is -2.47. The van der Waals surface area contributed by atoms with Crippen LogP contribution in [-0.2, 0) is 4.79 Å². The summed E-state index contributed by atoms with van der Waals surface area (Å²) in [7, 11) is 0. The third-order valence-electron chi connectivity index (χ3n) is 4.00. The second kappa shape index (κ2) is 6.73. The molecule has 1 N–H and O–H groups in total. The summed E-state index contributed by atoms with van der Waals surface area (Å²) in [5.74, 6) is 3.80. The van der Waals surface area contributed by atoms with Gasteiger partial charge in [-0.3, -0.25) is 4.79 Å². The normalized spacial score (nSPS) is 35.8. The molecule has 3 saturated heterocycles. The minimum absolute atomic E-state index is 0. The van der Waals surface area contributed by atoms with Gasteiger partial charge in [0.15, 0.2) is 0 Å². The van der Waals surface area contributed by atoms with Crippen molar-refractivity contribution in [2.24, 2.45) is 0 Å². The fourth-order valence-corrected chi connectivity index (χ4v) is 5.74. The Morgan fingerprint density at radius 2 is 2.00 bits per heavy atom. The molecule has 3 heterocycles. The minimum Gasteiger partial charge on any atom is -0.334 e. The first-order chi connectivity index (χ1) is 8.36. The lowest BCUT2D eigenvalue weighted by atomic mass is 10.1. The summed E-state index contributed by atoms with van der Waals surface area (Å²) in [6.45, 7) is 2.09. The molecule has 3 atom stereocenters. The molecule has 3 fully saturated rings. The van der Waals surface area contributed by atoms with E-state index < -0.39 is 0 Å². The van der Waals surface area contributed by atoms with Crippen molar-refractivity contribution in [3.63, 3.8) is 0 Å². The van der Waals surface area contributed by atoms with Crippen LogP contribution in [0.5, 0.6) is 0 Å². The molecule has 0 aromatic carbocycles. The number of hydrogen-bond acceptors (Lipinski definition) is 4. The topological polar surface area (TPSA) is 32.3 Å². The van der Waals surface area contributed by atoms with Crippen LogP contribution in [0.4, 0.5) is 0 Å². The molecule has 3 rings (SSSR count). The van der Waals surface area contributed by atoms with Gasteiger partial charge >= 0.3 is 0 Å². The number of halogens is 1. The number of amides is 1. The van der Waals surface area contributed by atoms with Gasteiger partial charge < -0.3 is 10.2 Å². The van der Waals surface area contributed by atoms with E-state index in [4.69, 9.17) is 0 Å². The van der Waals surface area contributed by atoms with Crippen LogP contribution in [0.3, 0.4) is 0 Å². The van der Waals surface area contributed by atoms with E-state index in [0.717, 1.165) is 31.0 Å². The number of fused-ring (bicyclic) bond motifs is 2. The molecule has 3 aliphatic heterocycles. The smallest absolute Gasteiger partial charge is 0.237 e. The Balaban J connectivity index is 0.00000120.